The molecule has 0 spiro atoms. The molecule has 1 heterocycles. The molecule has 0 aliphatic heterocycles. The van der Waals surface area contributed by atoms with Gasteiger partial charge < -0.3 is 4.90 Å². The van der Waals surface area contributed by atoms with Gasteiger partial charge >= 0.3 is 0 Å². The third-order valence-electron chi connectivity index (χ3n) is 2.29. The molecule has 0 bridgehead atoms. The van der Waals surface area contributed by atoms with Gasteiger partial charge in [0.25, 0.3) is 0 Å². The van der Waals surface area contributed by atoms with Crippen LogP contribution in [-0.4, -0.2) is 22.8 Å². The molecule has 0 aliphatic carbocycles. The van der Waals surface area contributed by atoms with Crippen molar-refractivity contribution in [1.82, 2.24) is 9.88 Å². The van der Waals surface area contributed by atoms with Crippen molar-refractivity contribution in [1.29, 1.82) is 5.26 Å². The van der Waals surface area contributed by atoms with E-state index in [0.717, 1.165) is 11.4 Å². The number of nitrogens with zero attached hydrogens (tertiary/aromatic N) is 3. The van der Waals surface area contributed by atoms with E-state index in [1.54, 1.807) is 14.0 Å². The van der Waals surface area contributed by atoms with E-state index in [4.69, 9.17) is 5.26 Å². The van der Waals surface area contributed by atoms with Gasteiger partial charge in [-0.2, -0.15) is 5.26 Å². The van der Waals surface area contributed by atoms with Crippen molar-refractivity contribution in [2.24, 2.45) is 5.92 Å². The monoisotopic (exact) mass is 217 g/mol. The van der Waals surface area contributed by atoms with Crippen LogP contribution in [0.25, 0.3) is 0 Å². The molecular weight excluding hydrogens is 202 g/mol. The summed E-state index contributed by atoms with van der Waals surface area (Å²) in [7, 11) is 1.68. The van der Waals surface area contributed by atoms with Crippen LogP contribution in [0.15, 0.2) is 18.2 Å². The number of hydrogen-bond acceptors (Lipinski definition) is 3. The maximum Gasteiger partial charge on any atom is 0.239 e. The van der Waals surface area contributed by atoms with Gasteiger partial charge in [0.05, 0.1) is 18.3 Å². The SMILES string of the molecule is Cc1cccc(CN(C)C(=O)C(C)C#N)n1. The van der Waals surface area contributed by atoms with Crippen molar-refractivity contribution < 1.29 is 4.79 Å². The zero-order chi connectivity index (χ0) is 12.1. The Hall–Kier alpha value is -1.89. The summed E-state index contributed by atoms with van der Waals surface area (Å²) in [6, 6.07) is 7.61. The Morgan fingerprint density at radius 2 is 2.31 bits per heavy atom. The summed E-state index contributed by atoms with van der Waals surface area (Å²) in [5, 5.41) is 8.65. The minimum absolute atomic E-state index is 0.175. The van der Waals surface area contributed by atoms with Crippen molar-refractivity contribution in [2.75, 3.05) is 7.05 Å². The molecule has 1 unspecified atom stereocenters. The van der Waals surface area contributed by atoms with Crippen LogP contribution in [0.5, 0.6) is 0 Å². The lowest BCUT2D eigenvalue weighted by atomic mass is 10.2. The van der Waals surface area contributed by atoms with E-state index in [0.29, 0.717) is 6.54 Å². The lowest BCUT2D eigenvalue weighted by Gasteiger charge is -2.17. The fourth-order valence-corrected chi connectivity index (χ4v) is 1.39. The van der Waals surface area contributed by atoms with Crippen molar-refractivity contribution in [3.63, 3.8) is 0 Å². The first-order chi connectivity index (χ1) is 7.54. The minimum atomic E-state index is -0.602. The van der Waals surface area contributed by atoms with Crippen molar-refractivity contribution in [3.8, 4) is 6.07 Å². The highest BCUT2D eigenvalue weighted by atomic mass is 16.2. The summed E-state index contributed by atoms with van der Waals surface area (Å²) in [6.45, 7) is 3.94. The maximum absolute atomic E-state index is 11.6. The second-order valence-electron chi connectivity index (χ2n) is 3.82. The van der Waals surface area contributed by atoms with Gasteiger partial charge in [0.15, 0.2) is 0 Å². The van der Waals surface area contributed by atoms with Gasteiger partial charge in [0.2, 0.25) is 5.91 Å². The first-order valence-electron chi connectivity index (χ1n) is 5.11. The Bertz CT molecular complexity index is 423. The molecule has 1 rings (SSSR count). The van der Waals surface area contributed by atoms with Gasteiger partial charge in [-0.1, -0.05) is 6.07 Å². The summed E-state index contributed by atoms with van der Waals surface area (Å²) in [4.78, 5) is 17.5. The van der Waals surface area contributed by atoms with Crippen LogP contribution in [0.3, 0.4) is 0 Å². The summed E-state index contributed by atoms with van der Waals surface area (Å²) in [6.07, 6.45) is 0. The maximum atomic E-state index is 11.6. The van der Waals surface area contributed by atoms with E-state index in [1.165, 1.54) is 4.90 Å². The number of aryl methyl sites for hydroxylation is 1. The van der Waals surface area contributed by atoms with Crippen molar-refractivity contribution in [2.45, 2.75) is 20.4 Å². The molecule has 0 fully saturated rings. The zero-order valence-electron chi connectivity index (χ0n) is 9.77. The quantitative estimate of drug-likeness (QED) is 0.771. The molecule has 0 saturated heterocycles. The Morgan fingerprint density at radius 1 is 1.62 bits per heavy atom. The molecule has 0 N–H and O–H groups in total. The second kappa shape index (κ2) is 5.26. The van der Waals surface area contributed by atoms with Crippen LogP contribution in [-0.2, 0) is 11.3 Å². The van der Waals surface area contributed by atoms with Gasteiger partial charge in [-0.05, 0) is 26.0 Å². The van der Waals surface area contributed by atoms with Crippen LogP contribution in [0.1, 0.15) is 18.3 Å². The van der Waals surface area contributed by atoms with E-state index in [9.17, 15) is 4.79 Å². The average molecular weight is 217 g/mol. The first kappa shape index (κ1) is 12.2. The van der Waals surface area contributed by atoms with E-state index >= 15 is 0 Å². The molecule has 0 radical (unpaired) electrons. The minimum Gasteiger partial charge on any atom is -0.339 e. The third kappa shape index (κ3) is 3.06. The fourth-order valence-electron chi connectivity index (χ4n) is 1.39. The van der Waals surface area contributed by atoms with E-state index in [1.807, 2.05) is 31.2 Å². The first-order valence-corrected chi connectivity index (χ1v) is 5.11. The summed E-state index contributed by atoms with van der Waals surface area (Å²) < 4.78 is 0. The number of amides is 1. The fraction of sp³-hybridized carbons (Fsp3) is 0.417. The highest BCUT2D eigenvalue weighted by molar-refractivity contribution is 5.80. The molecule has 4 heteroatoms. The largest absolute Gasteiger partial charge is 0.339 e. The predicted octanol–water partition coefficient (Wildman–Crippen LogP) is 1.51. The molecule has 1 aromatic heterocycles. The Morgan fingerprint density at radius 3 is 2.88 bits per heavy atom. The molecule has 1 atom stereocenters. The highest BCUT2D eigenvalue weighted by Gasteiger charge is 2.16. The Balaban J connectivity index is 2.68. The summed E-state index contributed by atoms with van der Waals surface area (Å²) >= 11 is 0. The normalized spacial score (nSPS) is 11.6. The number of carbonyl (C=O) groups excluding carboxylic acids is 1. The summed E-state index contributed by atoms with van der Waals surface area (Å²) in [5.41, 5.74) is 1.76. The number of rotatable bonds is 3. The van der Waals surface area contributed by atoms with Crippen LogP contribution in [0.4, 0.5) is 0 Å². The van der Waals surface area contributed by atoms with E-state index < -0.39 is 5.92 Å². The summed E-state index contributed by atoms with van der Waals surface area (Å²) in [5.74, 6) is -0.777. The molecule has 1 aromatic rings. The van der Waals surface area contributed by atoms with E-state index in [2.05, 4.69) is 4.98 Å². The predicted molar refractivity (Wildman–Crippen MR) is 60.2 cm³/mol. The van der Waals surface area contributed by atoms with Crippen LogP contribution in [0.2, 0.25) is 0 Å². The number of nitriles is 1. The molecule has 16 heavy (non-hydrogen) atoms. The molecular formula is C12H15N3O. The number of hydrogen-bond donors (Lipinski definition) is 0. The van der Waals surface area contributed by atoms with Gasteiger partial charge in [-0.25, -0.2) is 0 Å². The molecule has 4 nitrogen and oxygen atoms in total. The molecule has 84 valence electrons. The molecule has 0 aromatic carbocycles. The topological polar surface area (TPSA) is 57.0 Å². The Kier molecular flexibility index (Phi) is 4.01. The molecule has 0 saturated carbocycles. The number of aromatic nitrogens is 1. The van der Waals surface area contributed by atoms with Gasteiger partial charge in [0, 0.05) is 12.7 Å². The second-order valence-corrected chi connectivity index (χ2v) is 3.82. The standard InChI is InChI=1S/C12H15N3O/c1-9(7-13)12(16)15(3)8-11-6-4-5-10(2)14-11/h4-6,9H,8H2,1-3H3. The lowest BCUT2D eigenvalue weighted by Crippen LogP contribution is -2.30. The smallest absolute Gasteiger partial charge is 0.239 e. The Labute approximate surface area is 95.5 Å². The van der Waals surface area contributed by atoms with Crippen molar-refractivity contribution >= 4 is 5.91 Å². The van der Waals surface area contributed by atoms with Gasteiger partial charge in [-0.15, -0.1) is 0 Å². The lowest BCUT2D eigenvalue weighted by molar-refractivity contribution is -0.132. The molecule has 0 aliphatic rings. The molecule has 1 amide bonds. The number of carbonyl (C=O) groups is 1. The van der Waals surface area contributed by atoms with Gasteiger partial charge in [-0.3, -0.25) is 9.78 Å². The average Bonchev–Trinajstić information content (AvgIpc) is 2.27. The zero-order valence-corrected chi connectivity index (χ0v) is 9.77. The van der Waals surface area contributed by atoms with Crippen molar-refractivity contribution in [3.05, 3.63) is 29.6 Å². The van der Waals surface area contributed by atoms with E-state index in [-0.39, 0.29) is 5.91 Å². The van der Waals surface area contributed by atoms with Crippen LogP contribution >= 0.6 is 0 Å². The highest BCUT2D eigenvalue weighted by Crippen LogP contribution is 2.05. The third-order valence-corrected chi connectivity index (χ3v) is 2.29. The van der Waals surface area contributed by atoms with Crippen LogP contribution < -0.4 is 0 Å². The van der Waals surface area contributed by atoms with Crippen LogP contribution in [0, 0.1) is 24.2 Å². The number of pyridine rings is 1. The van der Waals surface area contributed by atoms with Gasteiger partial charge in [0.1, 0.15) is 5.92 Å².